The summed E-state index contributed by atoms with van der Waals surface area (Å²) in [5.41, 5.74) is 0.330. The van der Waals surface area contributed by atoms with Crippen LogP contribution in [0, 0.1) is 5.41 Å². The molecule has 1 atom stereocenters. The minimum Gasteiger partial charge on any atom is -0.493 e. The molecular weight excluding hydrogens is 413 g/mol. The summed E-state index contributed by atoms with van der Waals surface area (Å²) < 4.78 is 11.5. The smallest absolute Gasteiger partial charge is 0.239 e. The van der Waals surface area contributed by atoms with Gasteiger partial charge in [0, 0.05) is 32.5 Å². The molecule has 3 saturated heterocycles. The average Bonchev–Trinajstić information content (AvgIpc) is 3.12. The first-order chi connectivity index (χ1) is 13.2. The van der Waals surface area contributed by atoms with Crippen molar-refractivity contribution in [1.29, 1.82) is 0 Å². The third-order valence-electron chi connectivity index (χ3n) is 6.44. The van der Waals surface area contributed by atoms with E-state index in [0.717, 1.165) is 63.5 Å². The second-order valence-electron chi connectivity index (χ2n) is 8.18. The maximum atomic E-state index is 13.0. The molecule has 4 rings (SSSR count). The maximum Gasteiger partial charge on any atom is 0.239 e. The van der Waals surface area contributed by atoms with Crippen LogP contribution in [0.3, 0.4) is 0 Å². The molecule has 0 saturated carbocycles. The summed E-state index contributed by atoms with van der Waals surface area (Å²) in [5, 5.41) is 6.94. The number of nitrogens with zero attached hydrogens (tertiary/aromatic N) is 1. The molecule has 3 aliphatic rings. The van der Waals surface area contributed by atoms with Crippen molar-refractivity contribution >= 4 is 30.7 Å². The molecule has 3 fully saturated rings. The molecule has 1 amide bonds. The van der Waals surface area contributed by atoms with Crippen LogP contribution in [0.15, 0.2) is 24.3 Å². The van der Waals surface area contributed by atoms with Crippen molar-refractivity contribution in [2.24, 2.45) is 5.41 Å². The molecule has 0 aliphatic carbocycles. The second-order valence-corrected chi connectivity index (χ2v) is 8.18. The molecule has 6 nitrogen and oxygen atoms in total. The summed E-state index contributed by atoms with van der Waals surface area (Å²) in [5.74, 6) is 1.83. The first-order valence-electron chi connectivity index (χ1n) is 10.2. The summed E-state index contributed by atoms with van der Waals surface area (Å²) in [4.78, 5) is 15.0. The number of methoxy groups -OCH3 is 1. The minimum absolute atomic E-state index is 0. The number of rotatable bonds is 4. The molecule has 3 heterocycles. The lowest BCUT2D eigenvalue weighted by Gasteiger charge is -2.35. The molecule has 1 aromatic carbocycles. The average molecular weight is 446 g/mol. The SMILES string of the molecule is COc1ccccc1OC1CCN(C(=O)C2CC3(CCNCC3)CN2)CC1.Cl.Cl. The molecule has 0 radical (unpaired) electrons. The van der Waals surface area contributed by atoms with E-state index >= 15 is 0 Å². The zero-order chi connectivity index (χ0) is 18.7. The van der Waals surface area contributed by atoms with Gasteiger partial charge in [-0.15, -0.1) is 24.8 Å². The van der Waals surface area contributed by atoms with Crippen LogP contribution < -0.4 is 20.1 Å². The Labute approximate surface area is 185 Å². The number of ether oxygens (including phenoxy) is 2. The molecule has 3 aliphatic heterocycles. The Kier molecular flexibility index (Phi) is 8.89. The Bertz CT molecular complexity index is 662. The molecule has 2 N–H and O–H groups in total. The number of hydrogen-bond donors (Lipinski definition) is 2. The topological polar surface area (TPSA) is 62.8 Å². The van der Waals surface area contributed by atoms with Gasteiger partial charge in [-0.25, -0.2) is 0 Å². The van der Waals surface area contributed by atoms with Crippen LogP contribution in [-0.4, -0.2) is 62.8 Å². The predicted molar refractivity (Wildman–Crippen MR) is 119 cm³/mol. The van der Waals surface area contributed by atoms with Crippen LogP contribution in [0.2, 0.25) is 0 Å². The lowest BCUT2D eigenvalue weighted by atomic mass is 9.77. The van der Waals surface area contributed by atoms with Crippen LogP contribution in [-0.2, 0) is 4.79 Å². The zero-order valence-corrected chi connectivity index (χ0v) is 18.7. The van der Waals surface area contributed by atoms with E-state index < -0.39 is 0 Å². The predicted octanol–water partition coefficient (Wildman–Crippen LogP) is 2.64. The van der Waals surface area contributed by atoms with Crippen molar-refractivity contribution in [1.82, 2.24) is 15.5 Å². The van der Waals surface area contributed by atoms with Gasteiger partial charge in [-0.1, -0.05) is 12.1 Å². The third kappa shape index (κ3) is 5.48. The Morgan fingerprint density at radius 1 is 1.10 bits per heavy atom. The first-order valence-corrected chi connectivity index (χ1v) is 10.2. The standard InChI is InChI=1S/C21H31N3O3.2ClH/c1-26-18-4-2-3-5-19(18)27-16-6-12-24(13-7-16)20(25)17-14-21(15-23-17)8-10-22-11-9-21;;/h2-5,16-17,22-23H,6-15H2,1H3;2*1H. The van der Waals surface area contributed by atoms with E-state index in [2.05, 4.69) is 10.6 Å². The molecule has 1 aromatic rings. The summed E-state index contributed by atoms with van der Waals surface area (Å²) in [7, 11) is 1.66. The van der Waals surface area contributed by atoms with Gasteiger partial charge >= 0.3 is 0 Å². The zero-order valence-electron chi connectivity index (χ0n) is 17.0. The van der Waals surface area contributed by atoms with E-state index in [4.69, 9.17) is 9.47 Å². The molecule has 164 valence electrons. The number of piperidine rings is 2. The van der Waals surface area contributed by atoms with Gasteiger partial charge in [-0.2, -0.15) is 0 Å². The number of benzene rings is 1. The van der Waals surface area contributed by atoms with Gasteiger partial charge in [-0.3, -0.25) is 4.79 Å². The molecule has 0 aromatic heterocycles. The van der Waals surface area contributed by atoms with Crippen molar-refractivity contribution in [3.8, 4) is 11.5 Å². The monoisotopic (exact) mass is 445 g/mol. The van der Waals surface area contributed by atoms with Crippen LogP contribution in [0.1, 0.15) is 32.1 Å². The summed E-state index contributed by atoms with van der Waals surface area (Å²) in [6, 6.07) is 7.75. The molecule has 29 heavy (non-hydrogen) atoms. The third-order valence-corrected chi connectivity index (χ3v) is 6.44. The van der Waals surface area contributed by atoms with Gasteiger partial charge < -0.3 is 25.0 Å². The number of carbonyl (C=O) groups is 1. The van der Waals surface area contributed by atoms with E-state index in [0.29, 0.717) is 5.41 Å². The van der Waals surface area contributed by atoms with Crippen LogP contribution in [0.4, 0.5) is 0 Å². The molecular formula is C21H33Cl2N3O3. The lowest BCUT2D eigenvalue weighted by molar-refractivity contribution is -0.135. The van der Waals surface area contributed by atoms with Gasteiger partial charge in [0.25, 0.3) is 0 Å². The Morgan fingerprint density at radius 2 is 1.76 bits per heavy atom. The number of amides is 1. The highest BCUT2D eigenvalue weighted by Gasteiger charge is 2.43. The number of likely N-dealkylation sites (tertiary alicyclic amines) is 1. The van der Waals surface area contributed by atoms with Gasteiger partial charge in [-0.05, 0) is 49.9 Å². The highest BCUT2D eigenvalue weighted by Crippen LogP contribution is 2.38. The lowest BCUT2D eigenvalue weighted by Crippen LogP contribution is -2.48. The van der Waals surface area contributed by atoms with E-state index in [1.807, 2.05) is 29.2 Å². The highest BCUT2D eigenvalue weighted by molar-refractivity contribution is 5.85. The molecule has 8 heteroatoms. The van der Waals surface area contributed by atoms with Crippen molar-refractivity contribution < 1.29 is 14.3 Å². The van der Waals surface area contributed by atoms with Crippen LogP contribution in [0.5, 0.6) is 11.5 Å². The van der Waals surface area contributed by atoms with Crippen molar-refractivity contribution in [3.63, 3.8) is 0 Å². The number of nitrogens with one attached hydrogen (secondary N) is 2. The van der Waals surface area contributed by atoms with Crippen molar-refractivity contribution in [2.45, 2.75) is 44.2 Å². The van der Waals surface area contributed by atoms with E-state index in [1.54, 1.807) is 7.11 Å². The number of para-hydroxylation sites is 2. The van der Waals surface area contributed by atoms with Crippen molar-refractivity contribution in [2.75, 3.05) is 39.8 Å². The molecule has 0 bridgehead atoms. The van der Waals surface area contributed by atoms with Gasteiger partial charge in [0.2, 0.25) is 5.91 Å². The molecule has 1 spiro atoms. The van der Waals surface area contributed by atoms with E-state index in [-0.39, 0.29) is 42.9 Å². The van der Waals surface area contributed by atoms with E-state index in [1.165, 1.54) is 12.8 Å². The fourth-order valence-corrected chi connectivity index (χ4v) is 4.74. The Morgan fingerprint density at radius 3 is 2.41 bits per heavy atom. The van der Waals surface area contributed by atoms with E-state index in [9.17, 15) is 4.79 Å². The highest BCUT2D eigenvalue weighted by atomic mass is 35.5. The van der Waals surface area contributed by atoms with Gasteiger partial charge in [0.15, 0.2) is 11.5 Å². The van der Waals surface area contributed by atoms with Gasteiger partial charge in [0.1, 0.15) is 6.10 Å². The number of halogens is 2. The Hall–Kier alpha value is -1.21. The van der Waals surface area contributed by atoms with Gasteiger partial charge in [0.05, 0.1) is 13.2 Å². The van der Waals surface area contributed by atoms with Crippen molar-refractivity contribution in [3.05, 3.63) is 24.3 Å². The first kappa shape index (κ1) is 24.1. The summed E-state index contributed by atoms with van der Waals surface area (Å²) >= 11 is 0. The van der Waals surface area contributed by atoms with Crippen LogP contribution in [0.25, 0.3) is 0 Å². The van der Waals surface area contributed by atoms with Crippen LogP contribution >= 0.6 is 24.8 Å². The minimum atomic E-state index is -0.00483. The largest absolute Gasteiger partial charge is 0.493 e. The summed E-state index contributed by atoms with van der Waals surface area (Å²) in [6.07, 6.45) is 5.22. The molecule has 1 unspecified atom stereocenters. The summed E-state index contributed by atoms with van der Waals surface area (Å²) in [6.45, 7) is 4.68. The fraction of sp³-hybridized carbons (Fsp3) is 0.667. The number of hydrogen-bond acceptors (Lipinski definition) is 5. The number of carbonyl (C=O) groups excluding carboxylic acids is 1. The Balaban J connectivity index is 0.00000150. The quantitative estimate of drug-likeness (QED) is 0.745. The second kappa shape index (κ2) is 10.7. The normalized spacial score (nSPS) is 23.8. The fourth-order valence-electron chi connectivity index (χ4n) is 4.74. The maximum absolute atomic E-state index is 13.0.